The van der Waals surface area contributed by atoms with Crippen molar-refractivity contribution in [2.45, 2.75) is 96.0 Å². The molecule has 4 unspecified atom stereocenters. The van der Waals surface area contributed by atoms with Crippen LogP contribution in [0.5, 0.6) is 11.5 Å². The molecule has 4 atom stereocenters. The molecular formula is C31H46N2O8. The van der Waals surface area contributed by atoms with Gasteiger partial charge in [0, 0.05) is 42.8 Å². The Morgan fingerprint density at radius 3 is 2.59 bits per heavy atom. The Labute approximate surface area is 243 Å². The molecule has 0 fully saturated rings. The molecule has 3 rings (SSSR count). The van der Waals surface area contributed by atoms with Gasteiger partial charge in [0.25, 0.3) is 0 Å². The minimum atomic E-state index is -1.15. The van der Waals surface area contributed by atoms with Crippen molar-refractivity contribution in [2.24, 2.45) is 0 Å². The fraction of sp³-hybridized carbons (Fsp3) is 0.645. The van der Waals surface area contributed by atoms with Crippen LogP contribution in [0.15, 0.2) is 23.8 Å². The number of carbonyl (C=O) groups excluding carboxylic acids is 3. The van der Waals surface area contributed by atoms with E-state index < -0.39 is 30.1 Å². The van der Waals surface area contributed by atoms with Crippen LogP contribution >= 0.6 is 0 Å². The average Bonchev–Trinajstić information content (AvgIpc) is 3.35. The summed E-state index contributed by atoms with van der Waals surface area (Å²) in [6.07, 6.45) is 6.24. The van der Waals surface area contributed by atoms with Gasteiger partial charge in [0.05, 0.1) is 31.8 Å². The Bertz CT molecular complexity index is 1070. The number of aliphatic hydroxyl groups excluding tert-OH is 2. The predicted molar refractivity (Wildman–Crippen MR) is 154 cm³/mol. The molecule has 1 aromatic carbocycles. The normalized spacial score (nSPS) is 21.0. The number of amides is 2. The second kappa shape index (κ2) is 15.9. The number of methoxy groups -OCH3 is 1. The number of carbonyl (C=O) groups is 3. The van der Waals surface area contributed by atoms with Crippen LogP contribution in [0, 0.1) is 0 Å². The lowest BCUT2D eigenvalue weighted by molar-refractivity contribution is -0.137. The molecule has 1 heterocycles. The highest BCUT2D eigenvalue weighted by molar-refractivity contribution is 5.96. The monoisotopic (exact) mass is 574 g/mol. The average molecular weight is 575 g/mol. The number of aldehydes is 1. The highest BCUT2D eigenvalue weighted by atomic mass is 16.5. The van der Waals surface area contributed by atoms with Gasteiger partial charge >= 0.3 is 0 Å². The van der Waals surface area contributed by atoms with Crippen LogP contribution < -0.4 is 14.8 Å². The van der Waals surface area contributed by atoms with Gasteiger partial charge < -0.3 is 34.6 Å². The number of hydrogen-bond donors (Lipinski definition) is 3. The molecule has 10 heteroatoms. The number of unbranched alkanes of at least 4 members (excludes halogenated alkanes) is 4. The summed E-state index contributed by atoms with van der Waals surface area (Å²) in [5.74, 6) is -0.556. The van der Waals surface area contributed by atoms with E-state index in [0.717, 1.165) is 32.1 Å². The lowest BCUT2D eigenvalue weighted by Crippen LogP contribution is -2.56. The molecule has 0 spiro atoms. The number of rotatable bonds is 17. The fourth-order valence-electron chi connectivity index (χ4n) is 5.58. The summed E-state index contributed by atoms with van der Waals surface area (Å²) < 4.78 is 17.4. The first-order chi connectivity index (χ1) is 19.8. The Morgan fingerprint density at radius 1 is 1.17 bits per heavy atom. The van der Waals surface area contributed by atoms with Crippen LogP contribution in [0.1, 0.15) is 87.6 Å². The van der Waals surface area contributed by atoms with E-state index in [-0.39, 0.29) is 25.2 Å². The number of ether oxygens (including phenoxy) is 3. The minimum Gasteiger partial charge on any atom is -0.493 e. The second-order valence-electron chi connectivity index (χ2n) is 10.9. The standard InChI is InChI=1S/C31H46N2O8/c1-5-6-7-8-9-11-26(36)33(13-10-15-40-20(2)3)24-18-23(31(38)32-12-14-34)27-22-16-21(19-35)17-25(39-4)29(22)41-30(27)28(24)37/h16-20,24,27-28,30,34,37H,5-15H2,1-4H3,(H,32,38). The third kappa shape index (κ3) is 8.08. The zero-order valence-electron chi connectivity index (χ0n) is 24.8. The van der Waals surface area contributed by atoms with Gasteiger partial charge in [0.2, 0.25) is 11.8 Å². The van der Waals surface area contributed by atoms with Crippen molar-refractivity contribution >= 4 is 18.1 Å². The number of benzene rings is 1. The topological polar surface area (TPSA) is 135 Å². The van der Waals surface area contributed by atoms with Crippen LogP contribution in [0.3, 0.4) is 0 Å². The van der Waals surface area contributed by atoms with Crippen molar-refractivity contribution in [3.05, 3.63) is 34.9 Å². The van der Waals surface area contributed by atoms with Crippen LogP contribution in [0.2, 0.25) is 0 Å². The van der Waals surface area contributed by atoms with Gasteiger partial charge in [-0.3, -0.25) is 14.4 Å². The molecule has 10 nitrogen and oxygen atoms in total. The molecule has 2 aliphatic rings. The minimum absolute atomic E-state index is 0.0408. The highest BCUT2D eigenvalue weighted by Gasteiger charge is 2.51. The van der Waals surface area contributed by atoms with E-state index in [2.05, 4.69) is 12.2 Å². The van der Waals surface area contributed by atoms with Gasteiger partial charge in [0.15, 0.2) is 11.5 Å². The molecule has 1 aromatic rings. The van der Waals surface area contributed by atoms with Gasteiger partial charge in [-0.2, -0.15) is 0 Å². The van der Waals surface area contributed by atoms with Gasteiger partial charge in [-0.25, -0.2) is 0 Å². The first kappa shape index (κ1) is 32.6. The van der Waals surface area contributed by atoms with Crippen molar-refractivity contribution < 1.29 is 38.8 Å². The van der Waals surface area contributed by atoms with E-state index >= 15 is 0 Å². The van der Waals surface area contributed by atoms with Crippen LogP contribution in [-0.4, -0.2) is 91.0 Å². The quantitative estimate of drug-likeness (QED) is 0.191. The molecular weight excluding hydrogens is 528 g/mol. The molecule has 0 aromatic heterocycles. The maximum atomic E-state index is 13.6. The van der Waals surface area contributed by atoms with Crippen molar-refractivity contribution in [1.82, 2.24) is 10.2 Å². The molecule has 228 valence electrons. The molecule has 0 saturated carbocycles. The molecule has 0 radical (unpaired) electrons. The zero-order valence-corrected chi connectivity index (χ0v) is 24.8. The summed E-state index contributed by atoms with van der Waals surface area (Å²) in [6.45, 7) is 6.63. The Morgan fingerprint density at radius 2 is 1.93 bits per heavy atom. The van der Waals surface area contributed by atoms with Gasteiger partial charge in [-0.15, -0.1) is 0 Å². The number of fused-ring (bicyclic) bond motifs is 3. The molecule has 1 aliphatic carbocycles. The highest BCUT2D eigenvalue weighted by Crippen LogP contribution is 2.51. The molecule has 1 aliphatic heterocycles. The van der Waals surface area contributed by atoms with Gasteiger partial charge in [-0.1, -0.05) is 32.6 Å². The maximum Gasteiger partial charge on any atom is 0.247 e. The Balaban J connectivity index is 1.98. The Kier molecular flexibility index (Phi) is 12.6. The first-order valence-corrected chi connectivity index (χ1v) is 14.8. The number of nitrogens with zero attached hydrogens (tertiary/aromatic N) is 1. The largest absolute Gasteiger partial charge is 0.493 e. The van der Waals surface area contributed by atoms with E-state index in [9.17, 15) is 24.6 Å². The number of nitrogens with one attached hydrogen (secondary N) is 1. The van der Waals surface area contributed by atoms with E-state index in [1.807, 2.05) is 13.8 Å². The van der Waals surface area contributed by atoms with Crippen molar-refractivity contribution in [3.8, 4) is 11.5 Å². The van der Waals surface area contributed by atoms with E-state index in [1.54, 1.807) is 23.1 Å². The van der Waals surface area contributed by atoms with E-state index in [0.29, 0.717) is 60.5 Å². The van der Waals surface area contributed by atoms with Crippen molar-refractivity contribution in [1.29, 1.82) is 0 Å². The van der Waals surface area contributed by atoms with Gasteiger partial charge in [0.1, 0.15) is 18.5 Å². The van der Waals surface area contributed by atoms with E-state index in [4.69, 9.17) is 14.2 Å². The van der Waals surface area contributed by atoms with Crippen LogP contribution in [0.4, 0.5) is 0 Å². The van der Waals surface area contributed by atoms with Crippen molar-refractivity contribution in [3.63, 3.8) is 0 Å². The number of hydrogen-bond acceptors (Lipinski definition) is 8. The molecule has 0 bridgehead atoms. The fourth-order valence-corrected chi connectivity index (χ4v) is 5.58. The van der Waals surface area contributed by atoms with Crippen molar-refractivity contribution in [2.75, 3.05) is 33.4 Å². The molecule has 0 saturated heterocycles. The lowest BCUT2D eigenvalue weighted by Gasteiger charge is -2.41. The smallest absolute Gasteiger partial charge is 0.247 e. The summed E-state index contributed by atoms with van der Waals surface area (Å²) in [4.78, 5) is 40.3. The number of aliphatic hydroxyl groups is 2. The van der Waals surface area contributed by atoms with E-state index in [1.165, 1.54) is 7.11 Å². The SMILES string of the molecule is CCCCCCCC(=O)N(CCCOC(C)C)C1C=C(C(=O)NCCO)C2c3cc(C=O)cc(OC)c3OC2C1O. The lowest BCUT2D eigenvalue weighted by atomic mass is 9.77. The van der Waals surface area contributed by atoms with Gasteiger partial charge in [-0.05, 0) is 44.9 Å². The summed E-state index contributed by atoms with van der Waals surface area (Å²) in [6, 6.07) is 2.36. The summed E-state index contributed by atoms with van der Waals surface area (Å²) in [5.41, 5.74) is 1.21. The van der Waals surface area contributed by atoms with Crippen LogP contribution in [0.25, 0.3) is 0 Å². The summed E-state index contributed by atoms with van der Waals surface area (Å²) in [5, 5.41) is 23.7. The third-order valence-electron chi connectivity index (χ3n) is 7.58. The predicted octanol–water partition coefficient (Wildman–Crippen LogP) is 3.13. The summed E-state index contributed by atoms with van der Waals surface area (Å²) in [7, 11) is 1.46. The summed E-state index contributed by atoms with van der Waals surface area (Å²) >= 11 is 0. The Hall–Kier alpha value is -2.95. The zero-order chi connectivity index (χ0) is 29.9. The first-order valence-electron chi connectivity index (χ1n) is 14.8. The molecule has 2 amide bonds. The molecule has 41 heavy (non-hydrogen) atoms. The molecule has 3 N–H and O–H groups in total. The van der Waals surface area contributed by atoms with Crippen LogP contribution in [-0.2, 0) is 14.3 Å². The maximum absolute atomic E-state index is 13.6. The second-order valence-corrected chi connectivity index (χ2v) is 10.9. The third-order valence-corrected chi connectivity index (χ3v) is 7.58.